The molecule has 2 aromatic carbocycles. The molecule has 0 atom stereocenters. The fourth-order valence-corrected chi connectivity index (χ4v) is 4.92. The molecule has 0 saturated heterocycles. The molecule has 0 aliphatic carbocycles. The Balaban J connectivity index is 1.35. The zero-order valence-corrected chi connectivity index (χ0v) is 22.9. The fraction of sp³-hybridized carbons (Fsp3) is 0.250. The summed E-state index contributed by atoms with van der Waals surface area (Å²) in [5.74, 6) is -0.781. The van der Waals surface area contributed by atoms with E-state index in [-0.39, 0.29) is 23.8 Å². The number of carbonyl (C=O) groups excluding carboxylic acids is 2. The minimum atomic E-state index is -0.430. The van der Waals surface area contributed by atoms with Crippen molar-refractivity contribution >= 4 is 28.4 Å². The summed E-state index contributed by atoms with van der Waals surface area (Å²) in [6.07, 6.45) is 7.35. The fourth-order valence-electron chi connectivity index (χ4n) is 4.92. The maximum Gasteiger partial charge on any atom is 0.251 e. The van der Waals surface area contributed by atoms with Crippen LogP contribution in [0.5, 0.6) is 0 Å². The second kappa shape index (κ2) is 10.9. The van der Waals surface area contributed by atoms with E-state index in [0.29, 0.717) is 47.5 Å². The lowest BCUT2D eigenvalue weighted by Gasteiger charge is -2.25. The Morgan fingerprint density at radius 2 is 1.93 bits per heavy atom. The van der Waals surface area contributed by atoms with Crippen molar-refractivity contribution in [1.29, 1.82) is 0 Å². The largest absolute Gasteiger partial charge is 0.348 e. The summed E-state index contributed by atoms with van der Waals surface area (Å²) in [6, 6.07) is 12.4. The lowest BCUT2D eigenvalue weighted by molar-refractivity contribution is -0.125. The van der Waals surface area contributed by atoms with Crippen molar-refractivity contribution in [3.05, 3.63) is 102 Å². The summed E-state index contributed by atoms with van der Waals surface area (Å²) in [7, 11) is 0. The van der Waals surface area contributed by atoms with Crippen molar-refractivity contribution in [1.82, 2.24) is 25.2 Å². The zero-order valence-electron chi connectivity index (χ0n) is 22.9. The van der Waals surface area contributed by atoms with Crippen LogP contribution in [0.1, 0.15) is 54.2 Å². The van der Waals surface area contributed by atoms with E-state index >= 15 is 4.39 Å². The van der Waals surface area contributed by atoms with Crippen molar-refractivity contribution < 1.29 is 14.0 Å². The Hall–Kier alpha value is -4.59. The normalized spacial score (nSPS) is 13.7. The van der Waals surface area contributed by atoms with Crippen molar-refractivity contribution in [2.45, 2.75) is 39.2 Å². The molecule has 0 fully saturated rings. The molecule has 2 aromatic heterocycles. The number of fused-ring (bicyclic) bond motifs is 1. The molecular formula is C32H32FN5O2. The number of aromatic amines is 1. The first-order chi connectivity index (χ1) is 19.2. The number of benzene rings is 2. The van der Waals surface area contributed by atoms with Gasteiger partial charge in [-0.1, -0.05) is 57.7 Å². The van der Waals surface area contributed by atoms with Crippen LogP contribution in [-0.2, 0) is 16.8 Å². The van der Waals surface area contributed by atoms with Gasteiger partial charge in [0, 0.05) is 48.1 Å². The maximum atomic E-state index is 15.2. The van der Waals surface area contributed by atoms with Gasteiger partial charge in [0.2, 0.25) is 5.91 Å². The highest BCUT2D eigenvalue weighted by Crippen LogP contribution is 2.34. The maximum absolute atomic E-state index is 15.2. The Labute approximate surface area is 232 Å². The van der Waals surface area contributed by atoms with Gasteiger partial charge < -0.3 is 15.2 Å². The lowest BCUT2D eigenvalue weighted by Crippen LogP contribution is -2.33. The number of nitrogens with zero attached hydrogens (tertiary/aromatic N) is 3. The zero-order chi connectivity index (χ0) is 28.4. The van der Waals surface area contributed by atoms with Crippen LogP contribution in [0.4, 0.5) is 4.39 Å². The van der Waals surface area contributed by atoms with Gasteiger partial charge in [0.15, 0.2) is 0 Å². The highest BCUT2D eigenvalue weighted by molar-refractivity contribution is 6.00. The number of amides is 2. The number of carbonyl (C=O) groups is 2. The average Bonchev–Trinajstić information content (AvgIpc) is 3.40. The first-order valence-electron chi connectivity index (χ1n) is 13.3. The van der Waals surface area contributed by atoms with Crippen LogP contribution in [-0.4, -0.2) is 44.8 Å². The molecule has 1 aliphatic heterocycles. The SMILES string of the molecule is C=CC(=O)N1CC=C(c2c[nH]c3ncnc(-c4ccc(CNC(=O)c5ccc(C(C)(C)C)cc5)c(F)c4)c23)CC1. The highest BCUT2D eigenvalue weighted by Gasteiger charge is 2.21. The van der Waals surface area contributed by atoms with E-state index in [1.165, 1.54) is 18.5 Å². The number of H-pyrrole nitrogens is 1. The number of halogens is 1. The molecule has 0 spiro atoms. The third kappa shape index (κ3) is 5.43. The predicted molar refractivity (Wildman–Crippen MR) is 155 cm³/mol. The lowest BCUT2D eigenvalue weighted by atomic mass is 9.87. The van der Waals surface area contributed by atoms with E-state index in [9.17, 15) is 9.59 Å². The molecule has 2 amide bonds. The Bertz CT molecular complexity index is 1630. The van der Waals surface area contributed by atoms with Gasteiger partial charge >= 0.3 is 0 Å². The van der Waals surface area contributed by atoms with E-state index in [0.717, 1.165) is 22.1 Å². The van der Waals surface area contributed by atoms with Gasteiger partial charge in [-0.15, -0.1) is 0 Å². The molecule has 0 saturated carbocycles. The Morgan fingerprint density at radius 1 is 1.15 bits per heavy atom. The van der Waals surface area contributed by atoms with Crippen LogP contribution in [0.15, 0.2) is 73.7 Å². The van der Waals surface area contributed by atoms with Gasteiger partial charge in [0.05, 0.1) is 11.1 Å². The Kier molecular flexibility index (Phi) is 7.34. The smallest absolute Gasteiger partial charge is 0.251 e. The number of rotatable bonds is 6. The third-order valence-electron chi connectivity index (χ3n) is 7.29. The third-order valence-corrected chi connectivity index (χ3v) is 7.29. The molecule has 8 heteroatoms. The molecule has 2 N–H and O–H groups in total. The minimum Gasteiger partial charge on any atom is -0.348 e. The van der Waals surface area contributed by atoms with Gasteiger partial charge in [-0.2, -0.15) is 0 Å². The van der Waals surface area contributed by atoms with E-state index < -0.39 is 5.82 Å². The van der Waals surface area contributed by atoms with Gasteiger partial charge in [-0.25, -0.2) is 14.4 Å². The molecular weight excluding hydrogens is 505 g/mol. The minimum absolute atomic E-state index is 0.00328. The number of hydrogen-bond donors (Lipinski definition) is 2. The second-order valence-electron chi connectivity index (χ2n) is 10.9. The van der Waals surface area contributed by atoms with Gasteiger partial charge in [-0.05, 0) is 47.2 Å². The molecule has 5 rings (SSSR count). The van der Waals surface area contributed by atoms with E-state index in [1.807, 2.05) is 24.4 Å². The number of nitrogens with one attached hydrogen (secondary N) is 2. The van der Waals surface area contributed by atoms with E-state index in [1.54, 1.807) is 29.2 Å². The average molecular weight is 538 g/mol. The summed E-state index contributed by atoms with van der Waals surface area (Å²) >= 11 is 0. The summed E-state index contributed by atoms with van der Waals surface area (Å²) in [4.78, 5) is 38.4. The van der Waals surface area contributed by atoms with Crippen LogP contribution in [0.3, 0.4) is 0 Å². The standard InChI is InChI=1S/C32H32FN5O2/c1-5-27(39)38-14-12-20(13-15-38)25-18-34-30-28(25)29(36-19-37-30)22-6-7-23(26(33)16-22)17-35-31(40)21-8-10-24(11-9-21)32(2,3)4/h5-12,16,18-19H,1,13-15,17H2,2-4H3,(H,35,40)(H,34,36,37). The summed E-state index contributed by atoms with van der Waals surface area (Å²) in [5.41, 5.74) is 5.93. The Morgan fingerprint density at radius 3 is 2.58 bits per heavy atom. The highest BCUT2D eigenvalue weighted by atomic mass is 19.1. The molecule has 204 valence electrons. The molecule has 0 radical (unpaired) electrons. The van der Waals surface area contributed by atoms with Gasteiger partial charge in [-0.3, -0.25) is 9.59 Å². The summed E-state index contributed by atoms with van der Waals surface area (Å²) in [5, 5.41) is 3.62. The van der Waals surface area contributed by atoms with Crippen molar-refractivity contribution in [3.63, 3.8) is 0 Å². The number of aromatic nitrogens is 3. The first kappa shape index (κ1) is 27.0. The first-order valence-corrected chi connectivity index (χ1v) is 13.3. The molecule has 4 aromatic rings. The molecule has 0 unspecified atom stereocenters. The molecule has 7 nitrogen and oxygen atoms in total. The van der Waals surface area contributed by atoms with Crippen LogP contribution in [0.25, 0.3) is 27.9 Å². The van der Waals surface area contributed by atoms with Crippen LogP contribution < -0.4 is 5.32 Å². The number of hydrogen-bond acceptors (Lipinski definition) is 4. The van der Waals surface area contributed by atoms with Crippen LogP contribution >= 0.6 is 0 Å². The van der Waals surface area contributed by atoms with Crippen molar-refractivity contribution in [2.24, 2.45) is 0 Å². The van der Waals surface area contributed by atoms with Gasteiger partial charge in [0.25, 0.3) is 5.91 Å². The molecule has 40 heavy (non-hydrogen) atoms. The van der Waals surface area contributed by atoms with Crippen molar-refractivity contribution in [2.75, 3.05) is 13.1 Å². The van der Waals surface area contributed by atoms with E-state index in [2.05, 4.69) is 47.6 Å². The quantitative estimate of drug-likeness (QED) is 0.305. The van der Waals surface area contributed by atoms with Crippen molar-refractivity contribution in [3.8, 4) is 11.3 Å². The van der Waals surface area contributed by atoms with Crippen LogP contribution in [0, 0.1) is 5.82 Å². The monoisotopic (exact) mass is 537 g/mol. The molecule has 1 aliphatic rings. The predicted octanol–water partition coefficient (Wildman–Crippen LogP) is 5.79. The molecule has 3 heterocycles. The summed E-state index contributed by atoms with van der Waals surface area (Å²) in [6.45, 7) is 11.1. The van der Waals surface area contributed by atoms with E-state index in [4.69, 9.17) is 0 Å². The topological polar surface area (TPSA) is 91.0 Å². The van der Waals surface area contributed by atoms with Gasteiger partial charge in [0.1, 0.15) is 17.8 Å². The summed E-state index contributed by atoms with van der Waals surface area (Å²) < 4.78 is 15.2. The molecule has 0 bridgehead atoms. The van der Waals surface area contributed by atoms with Crippen LogP contribution in [0.2, 0.25) is 0 Å². The second-order valence-corrected chi connectivity index (χ2v) is 10.9.